The van der Waals surface area contributed by atoms with Crippen molar-refractivity contribution >= 4 is 22.7 Å². The molecule has 6 nitrogen and oxygen atoms in total. The van der Waals surface area contributed by atoms with E-state index in [0.717, 1.165) is 50.7 Å². The first kappa shape index (κ1) is 22.1. The van der Waals surface area contributed by atoms with Gasteiger partial charge in [0.2, 0.25) is 5.91 Å². The summed E-state index contributed by atoms with van der Waals surface area (Å²) in [5.74, 6) is 1.93. The molecule has 1 saturated carbocycles. The van der Waals surface area contributed by atoms with Crippen molar-refractivity contribution in [2.75, 3.05) is 19.7 Å². The van der Waals surface area contributed by atoms with Crippen LogP contribution in [-0.2, 0) is 29.4 Å². The Morgan fingerprint density at radius 1 is 1.15 bits per heavy atom. The summed E-state index contributed by atoms with van der Waals surface area (Å²) in [6, 6.07) is 6.50. The standard InChI is InChI=1S/C28H37N3O3/c1-17(13-22-16-34-22)19-5-7-25-23(14-19)24-15-20(6-8-26(24)30(25)2)28(33)31-11-9-21(10-12-31)29-27(32)18-3-4-18/h6,8,15,17-19,21-22H,3-5,7,9-14,16H2,1-2H3,(H,29,32). The first-order valence-corrected chi connectivity index (χ1v) is 13.3. The van der Waals surface area contributed by atoms with Crippen molar-refractivity contribution in [2.24, 2.45) is 24.8 Å². The molecule has 6 heteroatoms. The Morgan fingerprint density at radius 3 is 2.62 bits per heavy atom. The molecule has 3 atom stereocenters. The Morgan fingerprint density at radius 2 is 1.91 bits per heavy atom. The third kappa shape index (κ3) is 4.26. The second-order valence-electron chi connectivity index (χ2n) is 11.2. The highest BCUT2D eigenvalue weighted by atomic mass is 16.6. The van der Waals surface area contributed by atoms with Crippen molar-refractivity contribution in [3.05, 3.63) is 35.0 Å². The summed E-state index contributed by atoms with van der Waals surface area (Å²) in [5.41, 5.74) is 4.93. The molecular formula is C28H37N3O3. The van der Waals surface area contributed by atoms with Crippen LogP contribution in [0.1, 0.15) is 67.1 Å². The predicted molar refractivity (Wildman–Crippen MR) is 132 cm³/mol. The van der Waals surface area contributed by atoms with E-state index in [0.29, 0.717) is 31.0 Å². The molecule has 1 aromatic heterocycles. The summed E-state index contributed by atoms with van der Waals surface area (Å²) < 4.78 is 7.83. The van der Waals surface area contributed by atoms with E-state index in [2.05, 4.69) is 36.0 Å². The molecular weight excluding hydrogens is 426 g/mol. The first-order valence-electron chi connectivity index (χ1n) is 13.3. The van der Waals surface area contributed by atoms with Crippen LogP contribution < -0.4 is 5.32 Å². The van der Waals surface area contributed by atoms with Crippen LogP contribution in [0.25, 0.3) is 10.9 Å². The molecule has 182 valence electrons. The number of rotatable bonds is 6. The number of nitrogens with zero attached hydrogens (tertiary/aromatic N) is 2. The molecule has 1 aromatic carbocycles. The lowest BCUT2D eigenvalue weighted by atomic mass is 9.77. The lowest BCUT2D eigenvalue weighted by molar-refractivity contribution is -0.123. The molecule has 2 amide bonds. The maximum atomic E-state index is 13.4. The van der Waals surface area contributed by atoms with Gasteiger partial charge in [-0.2, -0.15) is 0 Å². The lowest BCUT2D eigenvalue weighted by Crippen LogP contribution is -2.46. The van der Waals surface area contributed by atoms with E-state index < -0.39 is 0 Å². The van der Waals surface area contributed by atoms with Crippen molar-refractivity contribution in [3.63, 3.8) is 0 Å². The molecule has 34 heavy (non-hydrogen) atoms. The Labute approximate surface area is 202 Å². The normalized spacial score (nSPS) is 25.8. The number of fused-ring (bicyclic) bond motifs is 3. The number of hydrogen-bond acceptors (Lipinski definition) is 3. The second-order valence-corrected chi connectivity index (χ2v) is 11.2. The van der Waals surface area contributed by atoms with E-state index in [-0.39, 0.29) is 23.8 Å². The van der Waals surface area contributed by atoms with Gasteiger partial charge >= 0.3 is 0 Å². The van der Waals surface area contributed by atoms with Crippen LogP contribution in [0.3, 0.4) is 0 Å². The zero-order chi connectivity index (χ0) is 23.4. The van der Waals surface area contributed by atoms with Crippen LogP contribution >= 0.6 is 0 Å². The molecule has 3 unspecified atom stereocenters. The summed E-state index contributed by atoms with van der Waals surface area (Å²) in [7, 11) is 2.17. The molecule has 4 aliphatic rings. The van der Waals surface area contributed by atoms with E-state index in [9.17, 15) is 9.59 Å². The van der Waals surface area contributed by atoms with Gasteiger partial charge in [0.1, 0.15) is 0 Å². The van der Waals surface area contributed by atoms with Gasteiger partial charge in [-0.1, -0.05) is 6.92 Å². The zero-order valence-corrected chi connectivity index (χ0v) is 20.5. The van der Waals surface area contributed by atoms with E-state index in [1.54, 1.807) is 0 Å². The molecule has 2 aromatic rings. The number of aryl methyl sites for hydroxylation is 1. The number of carbonyl (C=O) groups excluding carboxylic acids is 2. The van der Waals surface area contributed by atoms with Gasteiger partial charge in [-0.3, -0.25) is 9.59 Å². The summed E-state index contributed by atoms with van der Waals surface area (Å²) in [6.45, 7) is 4.74. The molecule has 3 fully saturated rings. The van der Waals surface area contributed by atoms with Gasteiger partial charge in [0.25, 0.3) is 5.91 Å². The highest BCUT2D eigenvalue weighted by Crippen LogP contribution is 2.39. The first-order chi connectivity index (χ1) is 16.5. The van der Waals surface area contributed by atoms with E-state index >= 15 is 0 Å². The number of likely N-dealkylation sites (tertiary alicyclic amines) is 1. The van der Waals surface area contributed by atoms with Crippen LogP contribution in [0, 0.1) is 17.8 Å². The van der Waals surface area contributed by atoms with E-state index in [1.165, 1.54) is 35.0 Å². The second kappa shape index (κ2) is 8.71. The number of hydrogen-bond donors (Lipinski definition) is 1. The van der Waals surface area contributed by atoms with Crippen LogP contribution in [-0.4, -0.2) is 53.1 Å². The van der Waals surface area contributed by atoms with Crippen LogP contribution in [0.15, 0.2) is 18.2 Å². The number of piperidine rings is 1. The van der Waals surface area contributed by atoms with Crippen molar-refractivity contribution in [3.8, 4) is 0 Å². The van der Waals surface area contributed by atoms with Gasteiger partial charge in [-0.05, 0) is 87.0 Å². The number of amides is 2. The molecule has 0 bridgehead atoms. The van der Waals surface area contributed by atoms with Gasteiger partial charge in [0.15, 0.2) is 0 Å². The van der Waals surface area contributed by atoms with Crippen LogP contribution in [0.5, 0.6) is 0 Å². The number of carbonyl (C=O) groups is 2. The monoisotopic (exact) mass is 463 g/mol. The molecule has 2 aliphatic carbocycles. The Kier molecular flexibility index (Phi) is 5.67. The average Bonchev–Trinajstić information content (AvgIpc) is 3.78. The summed E-state index contributed by atoms with van der Waals surface area (Å²) >= 11 is 0. The largest absolute Gasteiger partial charge is 0.373 e. The highest BCUT2D eigenvalue weighted by molar-refractivity contribution is 5.99. The quantitative estimate of drug-likeness (QED) is 0.662. The minimum atomic E-state index is 0.123. The zero-order valence-electron chi connectivity index (χ0n) is 20.5. The average molecular weight is 464 g/mol. The number of nitrogens with one attached hydrogen (secondary N) is 1. The van der Waals surface area contributed by atoms with Gasteiger partial charge in [0.05, 0.1) is 12.7 Å². The van der Waals surface area contributed by atoms with Gasteiger partial charge in [0, 0.05) is 54.3 Å². The molecule has 2 aliphatic heterocycles. The number of epoxide rings is 1. The Bertz CT molecular complexity index is 1110. The molecule has 6 rings (SSSR count). The highest BCUT2D eigenvalue weighted by Gasteiger charge is 2.34. The van der Waals surface area contributed by atoms with Crippen LogP contribution in [0.2, 0.25) is 0 Å². The number of aromatic nitrogens is 1. The topological polar surface area (TPSA) is 66.9 Å². The molecule has 3 heterocycles. The Hall–Kier alpha value is -2.34. The fourth-order valence-corrected chi connectivity index (χ4v) is 6.31. The lowest BCUT2D eigenvalue weighted by Gasteiger charge is -2.32. The maximum absolute atomic E-state index is 13.4. The van der Waals surface area contributed by atoms with E-state index in [4.69, 9.17) is 4.74 Å². The SMILES string of the molecule is CC(CC1CO1)C1CCc2c(c3cc(C(=O)N4CCC(NC(=O)C5CC5)CC4)ccc3n2C)C1. The Balaban J connectivity index is 1.16. The summed E-state index contributed by atoms with van der Waals surface area (Å²) in [4.78, 5) is 27.4. The fraction of sp³-hybridized carbons (Fsp3) is 0.643. The minimum absolute atomic E-state index is 0.123. The number of ether oxygens (including phenoxy) is 1. The minimum Gasteiger partial charge on any atom is -0.373 e. The van der Waals surface area contributed by atoms with Crippen molar-refractivity contribution < 1.29 is 14.3 Å². The third-order valence-electron chi connectivity index (χ3n) is 8.82. The van der Waals surface area contributed by atoms with E-state index in [1.807, 2.05) is 11.0 Å². The summed E-state index contributed by atoms with van der Waals surface area (Å²) in [5, 5.41) is 4.44. The molecule has 1 N–H and O–H groups in total. The van der Waals surface area contributed by atoms with Crippen molar-refractivity contribution in [1.29, 1.82) is 0 Å². The molecule has 2 saturated heterocycles. The predicted octanol–water partition coefficient (Wildman–Crippen LogP) is 3.84. The van der Waals surface area contributed by atoms with Crippen molar-refractivity contribution in [1.82, 2.24) is 14.8 Å². The van der Waals surface area contributed by atoms with Crippen LogP contribution in [0.4, 0.5) is 0 Å². The summed E-state index contributed by atoms with van der Waals surface area (Å²) in [6.07, 6.45) is 8.87. The third-order valence-corrected chi connectivity index (χ3v) is 8.82. The van der Waals surface area contributed by atoms with Gasteiger partial charge < -0.3 is 19.5 Å². The maximum Gasteiger partial charge on any atom is 0.253 e. The fourth-order valence-electron chi connectivity index (χ4n) is 6.31. The van der Waals surface area contributed by atoms with Gasteiger partial charge in [-0.25, -0.2) is 0 Å². The smallest absolute Gasteiger partial charge is 0.253 e. The molecule has 0 radical (unpaired) electrons. The number of benzene rings is 1. The van der Waals surface area contributed by atoms with Crippen molar-refractivity contribution in [2.45, 2.75) is 70.4 Å². The molecule has 0 spiro atoms. The van der Waals surface area contributed by atoms with Gasteiger partial charge in [-0.15, -0.1) is 0 Å².